The number of carbonyl (C=O) groups is 3. The van der Waals surface area contributed by atoms with E-state index in [0.717, 1.165) is 0 Å². The molecule has 0 N–H and O–H groups in total. The number of ether oxygens (including phenoxy) is 3. The highest BCUT2D eigenvalue weighted by molar-refractivity contribution is 9.09. The quantitative estimate of drug-likeness (QED) is 0.0358. The van der Waals surface area contributed by atoms with Crippen molar-refractivity contribution in [2.24, 2.45) is 5.41 Å². The van der Waals surface area contributed by atoms with Crippen molar-refractivity contribution in [1.29, 1.82) is 0 Å². The van der Waals surface area contributed by atoms with Gasteiger partial charge in [0, 0.05) is 11.8 Å². The summed E-state index contributed by atoms with van der Waals surface area (Å²) in [5.74, 6) is -1.27. The standard InChI is InChI=1S/C74H21BrO6/c1-71(2,3)81-10(76)6-4-8-79-69(77)74(70(78)80-9-5-7-75)72-65-57-49-39-29-21-13-11-12-15-19-17(13)25-33-27(19)37-31-23(15)24-16(12)20-18-14(11)22(21)30-36-26(18)34-28(20)38-32(24)42-41(31)51-45(37)55-47(33)53(43(49)35(25)29)61(65)63(55)67-59(51)60-52(42)46(38)56-48(34)54-44(36)50(40(30)39)58(57)66(72)62(54)64(56)68(60)73(67,72)74/h4-9H2,1-3H3. The first-order valence-corrected chi connectivity index (χ1v) is 30.7. The molecule has 0 amide bonds. The van der Waals surface area contributed by atoms with Gasteiger partial charge in [0.05, 0.1) is 24.0 Å². The normalized spacial score (nSPS) is 22.7. The maximum absolute atomic E-state index is 17.3. The van der Waals surface area contributed by atoms with Crippen LogP contribution in [0.5, 0.6) is 0 Å². The largest absolute Gasteiger partial charge is 0.465 e. The maximum atomic E-state index is 17.3. The third-order valence-electron chi connectivity index (χ3n) is 26.7. The van der Waals surface area contributed by atoms with Gasteiger partial charge in [-0.1, -0.05) is 15.9 Å². The van der Waals surface area contributed by atoms with Crippen LogP contribution in [0.25, 0.3) is 291 Å². The van der Waals surface area contributed by atoms with E-state index in [1.54, 1.807) is 10.8 Å². The third-order valence-corrected chi connectivity index (χ3v) is 27.2. The van der Waals surface area contributed by atoms with E-state index in [4.69, 9.17) is 14.2 Å². The van der Waals surface area contributed by atoms with Crippen molar-refractivity contribution >= 4 is 325 Å². The summed E-state index contributed by atoms with van der Waals surface area (Å²) in [6.07, 6.45) is 1.00. The van der Waals surface area contributed by atoms with Crippen molar-refractivity contribution in [1.82, 2.24) is 0 Å². The molecular weight excluding hydrogens is 1060 g/mol. The molecule has 5 aliphatic rings. The van der Waals surface area contributed by atoms with Crippen LogP contribution in [0.15, 0.2) is 0 Å². The topological polar surface area (TPSA) is 78.9 Å². The molecule has 28 aromatic carbocycles. The molecule has 0 aliphatic heterocycles. The monoisotopic (exact) mass is 1080 g/mol. The smallest absolute Gasteiger partial charge is 0.326 e. The number of esters is 3. The SMILES string of the molecule is CC(C)(C)OC(=O)CCCOC(=O)C1(C(=O)OCCCBr)C23c4c5c6c7c8c9c(c%10c%11c2c2c4c4c%12c5c5c6c6c8c8c%13c9c9c%10c%10c%11c%11c2c2c4c4c%12c%12c5c5c6c8c6c8c%13c9c9c%10c%10c%11c2c2c4c4c%12c5c6c5c8c9c%10c2c45)C713. The molecule has 0 aromatic heterocycles. The fraction of sp³-hybridized carbons (Fsp3) is 0.176. The number of carbonyl (C=O) groups excluding carboxylic acids is 3. The Labute approximate surface area is 453 Å². The fourth-order valence-corrected chi connectivity index (χ4v) is 26.7. The molecule has 2 spiro atoms. The van der Waals surface area contributed by atoms with E-state index in [2.05, 4.69) is 15.9 Å². The molecule has 6 nitrogen and oxygen atoms in total. The summed E-state index contributed by atoms with van der Waals surface area (Å²) in [4.78, 5) is 47.9. The lowest BCUT2D eigenvalue weighted by Gasteiger charge is -2.32. The van der Waals surface area contributed by atoms with Crippen LogP contribution in [0.3, 0.4) is 0 Å². The Morgan fingerprint density at radius 1 is 0.309 bits per heavy atom. The molecule has 5 aliphatic carbocycles. The zero-order chi connectivity index (χ0) is 50.6. The van der Waals surface area contributed by atoms with E-state index in [9.17, 15) is 4.79 Å². The number of rotatable bonds is 9. The zero-order valence-corrected chi connectivity index (χ0v) is 44.2. The number of hydrogen-bond acceptors (Lipinski definition) is 6. The van der Waals surface area contributed by atoms with Crippen molar-refractivity contribution in [3.8, 4) is 0 Å². The van der Waals surface area contributed by atoms with Gasteiger partial charge >= 0.3 is 17.9 Å². The molecule has 1 saturated carbocycles. The molecule has 360 valence electrons. The number of benzene rings is 18. The molecule has 28 aromatic rings. The first kappa shape index (κ1) is 34.5. The van der Waals surface area contributed by atoms with Gasteiger partial charge in [0.25, 0.3) is 0 Å². The highest BCUT2D eigenvalue weighted by Gasteiger charge is 3.01. The second-order valence-electron chi connectivity index (χ2n) is 29.0. The second-order valence-corrected chi connectivity index (χ2v) is 29.8. The van der Waals surface area contributed by atoms with E-state index < -0.39 is 33.8 Å². The van der Waals surface area contributed by atoms with E-state index in [0.29, 0.717) is 11.8 Å². The van der Waals surface area contributed by atoms with Crippen LogP contribution in [-0.4, -0.2) is 42.1 Å². The van der Waals surface area contributed by atoms with Gasteiger partial charge in [-0.15, -0.1) is 0 Å². The van der Waals surface area contributed by atoms with Crippen LogP contribution >= 0.6 is 15.9 Å². The van der Waals surface area contributed by atoms with E-state index in [1.165, 1.54) is 302 Å². The minimum Gasteiger partial charge on any atom is -0.465 e. The van der Waals surface area contributed by atoms with Crippen molar-refractivity contribution in [2.75, 3.05) is 18.5 Å². The van der Waals surface area contributed by atoms with Gasteiger partial charge in [-0.2, -0.15) is 0 Å². The molecular formula is C74H21BrO6. The van der Waals surface area contributed by atoms with E-state index in [1.807, 2.05) is 20.8 Å². The summed E-state index contributed by atoms with van der Waals surface area (Å²) in [5.41, 5.74) is 0.0975. The summed E-state index contributed by atoms with van der Waals surface area (Å²) in [6, 6.07) is 0. The molecule has 81 heavy (non-hydrogen) atoms. The highest BCUT2D eigenvalue weighted by atomic mass is 79.9. The van der Waals surface area contributed by atoms with Crippen LogP contribution < -0.4 is 0 Å². The van der Waals surface area contributed by atoms with Crippen molar-refractivity contribution in [3.63, 3.8) is 0 Å². The third kappa shape index (κ3) is 2.05. The summed E-state index contributed by atoms with van der Waals surface area (Å²) >= 11 is 3.70. The van der Waals surface area contributed by atoms with Crippen LogP contribution in [0.2, 0.25) is 0 Å². The summed E-state index contributed by atoms with van der Waals surface area (Å²) in [7, 11) is 0. The van der Waals surface area contributed by atoms with Crippen LogP contribution in [0.4, 0.5) is 0 Å². The Morgan fingerprint density at radius 3 is 0.679 bits per heavy atom. The number of alkyl halides is 1. The fourth-order valence-electron chi connectivity index (χ4n) is 26.5. The van der Waals surface area contributed by atoms with Crippen molar-refractivity contribution < 1.29 is 28.6 Å². The first-order chi connectivity index (χ1) is 39.7. The average Bonchev–Trinajstić information content (AvgIpc) is 1.36. The number of halogens is 1. The molecule has 0 bridgehead atoms. The van der Waals surface area contributed by atoms with Gasteiger partial charge in [0.2, 0.25) is 0 Å². The molecule has 0 atom stereocenters. The van der Waals surface area contributed by atoms with Crippen LogP contribution in [-0.2, 0) is 39.4 Å². The minimum absolute atomic E-state index is 0.0143. The van der Waals surface area contributed by atoms with Crippen LogP contribution in [0.1, 0.15) is 62.3 Å². The molecule has 0 radical (unpaired) electrons. The Balaban J connectivity index is 0.971. The zero-order valence-electron chi connectivity index (χ0n) is 42.6. The Hall–Kier alpha value is -8.65. The Kier molecular flexibility index (Phi) is 3.50. The minimum atomic E-state index is -1.82. The molecule has 33 rings (SSSR count). The Morgan fingerprint density at radius 2 is 0.494 bits per heavy atom. The lowest BCUT2D eigenvalue weighted by Crippen LogP contribution is -2.39. The Bertz CT molecular complexity index is 7090. The van der Waals surface area contributed by atoms with E-state index in [-0.39, 0.29) is 32.0 Å². The first-order valence-electron chi connectivity index (χ1n) is 29.6. The molecule has 0 saturated heterocycles. The van der Waals surface area contributed by atoms with Gasteiger partial charge in [0.1, 0.15) is 5.60 Å². The average molecular weight is 1090 g/mol. The highest BCUT2D eigenvalue weighted by Crippen LogP contribution is 2.96. The van der Waals surface area contributed by atoms with Gasteiger partial charge in [-0.25, -0.2) is 0 Å². The lowest BCUT2D eigenvalue weighted by molar-refractivity contribution is -0.167. The molecule has 1 fully saturated rings. The molecule has 0 unspecified atom stereocenters. The summed E-state index contributed by atoms with van der Waals surface area (Å²) < 4.78 is 19.7. The van der Waals surface area contributed by atoms with Crippen molar-refractivity contribution in [3.05, 3.63) is 22.3 Å². The second kappa shape index (κ2) is 8.21. The molecule has 7 heteroatoms. The summed E-state index contributed by atoms with van der Waals surface area (Å²) in [6.45, 7) is 5.82. The maximum Gasteiger partial charge on any atom is 0.326 e. The van der Waals surface area contributed by atoms with Crippen molar-refractivity contribution in [2.45, 2.75) is 56.5 Å². The van der Waals surface area contributed by atoms with Gasteiger partial charge < -0.3 is 14.2 Å². The van der Waals surface area contributed by atoms with Gasteiger partial charge in [0.15, 0.2) is 5.41 Å². The number of hydrogen-bond donors (Lipinski definition) is 0. The van der Waals surface area contributed by atoms with E-state index >= 15 is 9.59 Å². The predicted octanol–water partition coefficient (Wildman–Crippen LogP) is 18.3. The predicted molar refractivity (Wildman–Crippen MR) is 332 cm³/mol. The molecule has 0 heterocycles. The summed E-state index contributed by atoms with van der Waals surface area (Å²) in [5, 5.41) is 79.0. The lowest BCUT2D eigenvalue weighted by atomic mass is 9.68. The van der Waals surface area contributed by atoms with Crippen LogP contribution in [0, 0.1) is 5.41 Å². The van der Waals surface area contributed by atoms with Gasteiger partial charge in [-0.3, -0.25) is 14.4 Å². The van der Waals surface area contributed by atoms with Gasteiger partial charge in [-0.05, 0) is 347 Å².